The smallest absolute Gasteiger partial charge is 0.316 e. The van der Waals surface area contributed by atoms with E-state index in [0.29, 0.717) is 5.56 Å². The van der Waals surface area contributed by atoms with Gasteiger partial charge in [-0.05, 0) is 107 Å². The van der Waals surface area contributed by atoms with Gasteiger partial charge in [-0.2, -0.15) is 0 Å². The van der Waals surface area contributed by atoms with Gasteiger partial charge in [-0.1, -0.05) is 70.9 Å². The number of anilines is 6. The molecule has 1 radical (unpaired) electrons. The highest BCUT2D eigenvalue weighted by molar-refractivity contribution is 7.99. The number of hydrogen-bond acceptors (Lipinski definition) is 5. The Labute approximate surface area is 269 Å². The van der Waals surface area contributed by atoms with E-state index in [-0.39, 0.29) is 5.84 Å². The number of para-hydroxylation sites is 2. The van der Waals surface area contributed by atoms with Crippen LogP contribution in [0.15, 0.2) is 131 Å². The van der Waals surface area contributed by atoms with E-state index in [1.807, 2.05) is 58.0 Å². The molecule has 0 fully saturated rings. The van der Waals surface area contributed by atoms with Gasteiger partial charge in [0.25, 0.3) is 0 Å². The number of hydrogen-bond donors (Lipinski definition) is 0. The summed E-state index contributed by atoms with van der Waals surface area (Å²) in [7, 11) is 0. The molecule has 2 heterocycles. The Morgan fingerprint density at radius 2 is 1.24 bits per heavy atom. The molecule has 0 saturated carbocycles. The van der Waals surface area contributed by atoms with Crippen LogP contribution in [0.25, 0.3) is 0 Å². The van der Waals surface area contributed by atoms with Gasteiger partial charge in [0.1, 0.15) is 5.54 Å². The van der Waals surface area contributed by atoms with Crippen molar-refractivity contribution in [3.05, 3.63) is 138 Å². The second-order valence-corrected chi connectivity index (χ2v) is 13.7. The molecule has 225 valence electrons. The predicted molar refractivity (Wildman–Crippen MR) is 183 cm³/mol. The molecule has 5 aromatic rings. The third kappa shape index (κ3) is 4.66. The molecule has 0 N–H and O–H groups in total. The normalized spacial score (nSPS) is 16.4. The third-order valence-corrected chi connectivity index (χ3v) is 10.4. The fraction of sp³-hybridized carbons (Fsp3) is 0.184. The van der Waals surface area contributed by atoms with Gasteiger partial charge in [0, 0.05) is 37.7 Å². The van der Waals surface area contributed by atoms with Crippen molar-refractivity contribution in [1.29, 1.82) is 0 Å². The monoisotopic (exact) mass is 611 g/mol. The summed E-state index contributed by atoms with van der Waals surface area (Å²) >= 11 is 1.66. The van der Waals surface area contributed by atoms with E-state index in [4.69, 9.17) is 0 Å². The van der Waals surface area contributed by atoms with Crippen LogP contribution in [0.1, 0.15) is 38.8 Å². The maximum Gasteiger partial charge on any atom is 0.316 e. The fourth-order valence-electron chi connectivity index (χ4n) is 5.99. The molecular weight excluding hydrogens is 577 g/mol. The topological polar surface area (TPSA) is 55.7 Å². The molecule has 0 aliphatic carbocycles. The first-order valence-electron chi connectivity index (χ1n) is 15.1. The molecule has 45 heavy (non-hydrogen) atoms. The van der Waals surface area contributed by atoms with Crippen LogP contribution < -0.4 is 9.80 Å². The second-order valence-electron chi connectivity index (χ2n) is 12.6. The zero-order chi connectivity index (χ0) is 31.5. The Balaban J connectivity index is 1.39. The van der Waals surface area contributed by atoms with Crippen LogP contribution in [0, 0.1) is 12.1 Å². The van der Waals surface area contributed by atoms with Crippen molar-refractivity contribution in [3.63, 3.8) is 0 Å². The SMILES string of the molecule is Cc1ccc(N2c3ccc(C4=[N+]([O-])C(C)(C)C(C)(C)N4[O])cc3Sc3cc(N(c4ccccc4)c4ccccc4)ccc32)cc1. The van der Waals surface area contributed by atoms with E-state index in [1.165, 1.54) is 5.56 Å². The Hall–Kier alpha value is -4.72. The van der Waals surface area contributed by atoms with Gasteiger partial charge >= 0.3 is 5.84 Å². The number of aryl methyl sites for hydroxylation is 1. The van der Waals surface area contributed by atoms with Crippen LogP contribution >= 0.6 is 11.8 Å². The number of amidine groups is 1. The summed E-state index contributed by atoms with van der Waals surface area (Å²) in [6, 6.07) is 41.7. The van der Waals surface area contributed by atoms with Crippen LogP contribution in [-0.4, -0.2) is 26.7 Å². The van der Waals surface area contributed by atoms with Crippen LogP contribution in [0.4, 0.5) is 34.1 Å². The van der Waals surface area contributed by atoms with E-state index in [0.717, 1.165) is 53.7 Å². The average molecular weight is 612 g/mol. The van der Waals surface area contributed by atoms with Crippen molar-refractivity contribution >= 4 is 51.7 Å². The van der Waals surface area contributed by atoms with Crippen LogP contribution in [0.2, 0.25) is 0 Å². The highest BCUT2D eigenvalue weighted by Gasteiger charge is 2.60. The van der Waals surface area contributed by atoms with Gasteiger partial charge in [0.15, 0.2) is 5.54 Å². The van der Waals surface area contributed by atoms with Gasteiger partial charge in [-0.25, -0.2) is 0 Å². The minimum Gasteiger partial charge on any atom is -0.714 e. The summed E-state index contributed by atoms with van der Waals surface area (Å²) in [5, 5.41) is 28.0. The maximum atomic E-state index is 13.5. The first-order chi connectivity index (χ1) is 21.6. The largest absolute Gasteiger partial charge is 0.714 e. The molecular formula is C38H35N4O2S. The Bertz CT molecular complexity index is 1880. The second kappa shape index (κ2) is 10.7. The van der Waals surface area contributed by atoms with Gasteiger partial charge in [-0.15, -0.1) is 0 Å². The van der Waals surface area contributed by atoms with E-state index < -0.39 is 11.1 Å². The fourth-order valence-corrected chi connectivity index (χ4v) is 7.12. The lowest BCUT2D eigenvalue weighted by Gasteiger charge is -2.34. The third-order valence-electron chi connectivity index (χ3n) is 9.34. The van der Waals surface area contributed by atoms with Crippen molar-refractivity contribution in [2.45, 2.75) is 55.5 Å². The molecule has 0 unspecified atom stereocenters. The Morgan fingerprint density at radius 3 is 1.80 bits per heavy atom. The maximum absolute atomic E-state index is 13.5. The average Bonchev–Trinajstić information content (AvgIpc) is 3.16. The molecule has 6 nitrogen and oxygen atoms in total. The standard InChI is InChI=1S/C38H35N4O2S/c1-26-16-19-30(20-17-26)40-32-22-18-27(36-41(43)37(2,3)38(4,5)42(36)44)24-34(32)45-35-25-31(21-23-33(35)40)39(28-12-8-6-9-13-28)29-14-10-7-11-15-29/h6-25H,1-5H3. The molecule has 2 aliphatic heterocycles. The van der Waals surface area contributed by atoms with Crippen molar-refractivity contribution in [1.82, 2.24) is 5.06 Å². The predicted octanol–water partition coefficient (Wildman–Crippen LogP) is 9.87. The van der Waals surface area contributed by atoms with E-state index in [9.17, 15) is 10.4 Å². The number of fused-ring (bicyclic) bond motifs is 2. The number of hydroxylamine groups is 3. The highest BCUT2D eigenvalue weighted by Crippen LogP contribution is 2.53. The summed E-state index contributed by atoms with van der Waals surface area (Å²) in [6.45, 7) is 9.39. The van der Waals surface area contributed by atoms with Crippen LogP contribution in [0.3, 0.4) is 0 Å². The first kappa shape index (κ1) is 29.0. The molecule has 0 atom stereocenters. The molecule has 7 heteroatoms. The quantitative estimate of drug-likeness (QED) is 0.143. The Kier molecular flexibility index (Phi) is 6.91. The van der Waals surface area contributed by atoms with Crippen molar-refractivity contribution in [2.75, 3.05) is 9.80 Å². The molecule has 0 aromatic heterocycles. The minimum atomic E-state index is -0.888. The summed E-state index contributed by atoms with van der Waals surface area (Å²) < 4.78 is 0.886. The molecule has 0 saturated heterocycles. The Morgan fingerprint density at radius 1 is 0.689 bits per heavy atom. The molecule has 7 rings (SSSR count). The minimum absolute atomic E-state index is 0.147. The van der Waals surface area contributed by atoms with Crippen LogP contribution in [0.5, 0.6) is 0 Å². The molecule has 0 amide bonds. The number of nitrogens with zero attached hydrogens (tertiary/aromatic N) is 4. The zero-order valence-corrected chi connectivity index (χ0v) is 26.9. The summed E-state index contributed by atoms with van der Waals surface area (Å²) in [5.41, 5.74) is 6.30. The summed E-state index contributed by atoms with van der Waals surface area (Å²) in [4.78, 5) is 6.57. The summed E-state index contributed by atoms with van der Waals surface area (Å²) in [6.07, 6.45) is 0. The van der Waals surface area contributed by atoms with Gasteiger partial charge in [0.2, 0.25) is 0 Å². The van der Waals surface area contributed by atoms with Gasteiger partial charge in [-0.3, -0.25) is 4.74 Å². The van der Waals surface area contributed by atoms with Crippen molar-refractivity contribution < 1.29 is 9.95 Å². The van der Waals surface area contributed by atoms with E-state index in [2.05, 4.69) is 108 Å². The van der Waals surface area contributed by atoms with Crippen molar-refractivity contribution in [3.8, 4) is 0 Å². The lowest BCUT2D eigenvalue weighted by Crippen LogP contribution is -2.53. The van der Waals surface area contributed by atoms with E-state index >= 15 is 0 Å². The van der Waals surface area contributed by atoms with Crippen LogP contribution in [-0.2, 0) is 5.21 Å². The lowest BCUT2D eigenvalue weighted by atomic mass is 9.84. The number of benzene rings is 5. The summed E-state index contributed by atoms with van der Waals surface area (Å²) in [5.74, 6) is 0.147. The molecule has 2 aliphatic rings. The first-order valence-corrected chi connectivity index (χ1v) is 15.9. The van der Waals surface area contributed by atoms with Crippen molar-refractivity contribution in [2.24, 2.45) is 0 Å². The van der Waals surface area contributed by atoms with E-state index in [1.54, 1.807) is 11.8 Å². The van der Waals surface area contributed by atoms with Gasteiger partial charge in [0.05, 0.1) is 16.9 Å². The highest BCUT2D eigenvalue weighted by atomic mass is 32.2. The number of rotatable bonds is 5. The molecule has 0 spiro atoms. The lowest BCUT2D eigenvalue weighted by molar-refractivity contribution is -0.539. The molecule has 5 aromatic carbocycles. The van der Waals surface area contributed by atoms with Gasteiger partial charge < -0.3 is 15.0 Å². The zero-order valence-electron chi connectivity index (χ0n) is 26.1. The molecule has 0 bridgehead atoms.